The molecule has 0 fully saturated rings. The molecule has 110 valence electrons. The molecule has 2 N–H and O–H groups in total. The van der Waals surface area contributed by atoms with Crippen LogP contribution in [0.4, 0.5) is 0 Å². The number of hydrogen-bond donors (Lipinski definition) is 2. The van der Waals surface area contributed by atoms with Gasteiger partial charge in [0.25, 0.3) is 5.91 Å². The van der Waals surface area contributed by atoms with Crippen molar-refractivity contribution in [2.45, 2.75) is 26.3 Å². The third kappa shape index (κ3) is 3.56. The van der Waals surface area contributed by atoms with Crippen molar-refractivity contribution < 1.29 is 14.7 Å². The number of hydrogen-bond acceptors (Lipinski definition) is 3. The summed E-state index contributed by atoms with van der Waals surface area (Å²) < 4.78 is 0. The van der Waals surface area contributed by atoms with Gasteiger partial charge in [-0.15, -0.1) is 0 Å². The van der Waals surface area contributed by atoms with E-state index in [1.807, 2.05) is 38.1 Å². The summed E-state index contributed by atoms with van der Waals surface area (Å²) in [6.45, 7) is 3.77. The van der Waals surface area contributed by atoms with Crippen LogP contribution >= 0.6 is 0 Å². The molecule has 5 nitrogen and oxygen atoms in total. The standard InChI is InChI=1S/C16H18N2O3/c1-10(2)14(9-15(19)20)18-16(21)12-7-8-17-13-6-4-3-5-11(12)13/h3-8,10,14H,9H2,1-2H3,(H,18,21)(H,19,20). The van der Waals surface area contributed by atoms with E-state index in [9.17, 15) is 9.59 Å². The number of rotatable bonds is 5. The first-order valence-corrected chi connectivity index (χ1v) is 6.85. The van der Waals surface area contributed by atoms with Crippen molar-refractivity contribution in [3.8, 4) is 0 Å². The minimum absolute atomic E-state index is 0.0400. The minimum atomic E-state index is -0.923. The van der Waals surface area contributed by atoms with Crippen LogP contribution < -0.4 is 5.32 Å². The first-order chi connectivity index (χ1) is 9.99. The Labute approximate surface area is 123 Å². The lowest BCUT2D eigenvalue weighted by atomic mass is 10.00. The maximum atomic E-state index is 12.4. The fraction of sp³-hybridized carbons (Fsp3) is 0.312. The summed E-state index contributed by atoms with van der Waals surface area (Å²) in [6.07, 6.45) is 1.49. The van der Waals surface area contributed by atoms with E-state index < -0.39 is 12.0 Å². The topological polar surface area (TPSA) is 79.3 Å². The molecule has 0 saturated heterocycles. The van der Waals surface area contributed by atoms with E-state index in [0.717, 1.165) is 10.9 Å². The largest absolute Gasteiger partial charge is 0.481 e. The fourth-order valence-electron chi connectivity index (χ4n) is 2.18. The van der Waals surface area contributed by atoms with Gasteiger partial charge in [0.1, 0.15) is 0 Å². The number of benzene rings is 1. The van der Waals surface area contributed by atoms with Gasteiger partial charge in [-0.1, -0.05) is 32.0 Å². The Morgan fingerprint density at radius 1 is 1.24 bits per heavy atom. The van der Waals surface area contributed by atoms with Gasteiger partial charge in [0.05, 0.1) is 17.5 Å². The SMILES string of the molecule is CC(C)C(CC(=O)O)NC(=O)c1ccnc2ccccc12. The van der Waals surface area contributed by atoms with Gasteiger partial charge < -0.3 is 10.4 Å². The van der Waals surface area contributed by atoms with E-state index in [1.165, 1.54) is 0 Å². The monoisotopic (exact) mass is 286 g/mol. The van der Waals surface area contributed by atoms with Gasteiger partial charge in [-0.2, -0.15) is 0 Å². The number of para-hydroxylation sites is 1. The minimum Gasteiger partial charge on any atom is -0.481 e. The molecule has 1 heterocycles. The Balaban J connectivity index is 2.27. The Morgan fingerprint density at radius 2 is 1.95 bits per heavy atom. The summed E-state index contributed by atoms with van der Waals surface area (Å²) in [5.41, 5.74) is 1.25. The third-order valence-electron chi connectivity index (χ3n) is 3.41. The van der Waals surface area contributed by atoms with E-state index >= 15 is 0 Å². The predicted molar refractivity (Wildman–Crippen MR) is 80.1 cm³/mol. The van der Waals surface area contributed by atoms with Crippen LogP contribution in [0.2, 0.25) is 0 Å². The Hall–Kier alpha value is -2.43. The first-order valence-electron chi connectivity index (χ1n) is 6.85. The van der Waals surface area contributed by atoms with Crippen molar-refractivity contribution in [2.75, 3.05) is 0 Å². The average molecular weight is 286 g/mol. The van der Waals surface area contributed by atoms with Crippen LogP contribution in [0.25, 0.3) is 10.9 Å². The highest BCUT2D eigenvalue weighted by atomic mass is 16.4. The number of carboxylic acid groups (broad SMARTS) is 1. The molecule has 0 spiro atoms. The van der Waals surface area contributed by atoms with E-state index in [2.05, 4.69) is 10.3 Å². The number of amides is 1. The summed E-state index contributed by atoms with van der Waals surface area (Å²) in [4.78, 5) is 27.5. The van der Waals surface area contributed by atoms with Crippen molar-refractivity contribution in [1.82, 2.24) is 10.3 Å². The van der Waals surface area contributed by atoms with Crippen LogP contribution in [0.1, 0.15) is 30.6 Å². The zero-order chi connectivity index (χ0) is 15.4. The van der Waals surface area contributed by atoms with Gasteiger partial charge >= 0.3 is 5.97 Å². The lowest BCUT2D eigenvalue weighted by Gasteiger charge is -2.21. The van der Waals surface area contributed by atoms with E-state index in [0.29, 0.717) is 5.56 Å². The smallest absolute Gasteiger partial charge is 0.305 e. The molecule has 1 unspecified atom stereocenters. The average Bonchev–Trinajstić information content (AvgIpc) is 2.45. The number of pyridine rings is 1. The van der Waals surface area contributed by atoms with Crippen LogP contribution in [-0.2, 0) is 4.79 Å². The van der Waals surface area contributed by atoms with Gasteiger partial charge in [-0.05, 0) is 18.1 Å². The lowest BCUT2D eigenvalue weighted by molar-refractivity contribution is -0.137. The van der Waals surface area contributed by atoms with Crippen molar-refractivity contribution >= 4 is 22.8 Å². The molecule has 0 radical (unpaired) electrons. The van der Waals surface area contributed by atoms with Gasteiger partial charge in [0.15, 0.2) is 0 Å². The van der Waals surface area contributed by atoms with Crippen molar-refractivity contribution in [2.24, 2.45) is 5.92 Å². The Kier molecular flexibility index (Phi) is 4.52. The molecule has 0 bridgehead atoms. The van der Waals surface area contributed by atoms with Gasteiger partial charge in [0.2, 0.25) is 0 Å². The summed E-state index contributed by atoms with van der Waals surface area (Å²) >= 11 is 0. The number of aliphatic carboxylic acids is 1. The third-order valence-corrected chi connectivity index (χ3v) is 3.41. The van der Waals surface area contributed by atoms with E-state index in [1.54, 1.807) is 12.3 Å². The van der Waals surface area contributed by atoms with Crippen molar-refractivity contribution in [3.05, 3.63) is 42.1 Å². The molecule has 2 aromatic rings. The molecule has 21 heavy (non-hydrogen) atoms. The molecule has 2 rings (SSSR count). The van der Waals surface area contributed by atoms with Crippen molar-refractivity contribution in [1.29, 1.82) is 0 Å². The summed E-state index contributed by atoms with van der Waals surface area (Å²) in [6, 6.07) is 8.62. The molecule has 0 aliphatic rings. The highest BCUT2D eigenvalue weighted by Gasteiger charge is 2.21. The first kappa shape index (κ1) is 15.0. The maximum absolute atomic E-state index is 12.4. The second kappa shape index (κ2) is 6.35. The quantitative estimate of drug-likeness (QED) is 0.885. The summed E-state index contributed by atoms with van der Waals surface area (Å²) in [5.74, 6) is -1.15. The molecular weight excluding hydrogens is 268 g/mol. The zero-order valence-corrected chi connectivity index (χ0v) is 12.0. The van der Waals surface area contributed by atoms with E-state index in [-0.39, 0.29) is 18.2 Å². The molecule has 1 amide bonds. The predicted octanol–water partition coefficient (Wildman–Crippen LogP) is 2.46. The van der Waals surface area contributed by atoms with Crippen LogP contribution in [0, 0.1) is 5.92 Å². The highest BCUT2D eigenvalue weighted by molar-refractivity contribution is 6.06. The number of carbonyl (C=O) groups excluding carboxylic acids is 1. The lowest BCUT2D eigenvalue weighted by Crippen LogP contribution is -2.40. The second-order valence-electron chi connectivity index (χ2n) is 5.30. The summed E-state index contributed by atoms with van der Waals surface area (Å²) in [5, 5.41) is 12.5. The van der Waals surface area contributed by atoms with Crippen LogP contribution in [-0.4, -0.2) is 28.0 Å². The maximum Gasteiger partial charge on any atom is 0.305 e. The molecule has 0 aliphatic heterocycles. The van der Waals surface area contributed by atoms with Gasteiger partial charge in [-0.25, -0.2) is 0 Å². The van der Waals surface area contributed by atoms with Crippen LogP contribution in [0.3, 0.4) is 0 Å². The van der Waals surface area contributed by atoms with Crippen LogP contribution in [0.15, 0.2) is 36.5 Å². The number of carboxylic acids is 1. The molecule has 0 aliphatic carbocycles. The van der Waals surface area contributed by atoms with E-state index in [4.69, 9.17) is 5.11 Å². The molecule has 5 heteroatoms. The Morgan fingerprint density at radius 3 is 2.62 bits per heavy atom. The van der Waals surface area contributed by atoms with Crippen molar-refractivity contribution in [3.63, 3.8) is 0 Å². The zero-order valence-electron chi connectivity index (χ0n) is 12.0. The Bertz CT molecular complexity index is 662. The number of nitrogens with one attached hydrogen (secondary N) is 1. The number of fused-ring (bicyclic) bond motifs is 1. The number of carbonyl (C=O) groups is 2. The number of nitrogens with zero attached hydrogens (tertiary/aromatic N) is 1. The second-order valence-corrected chi connectivity index (χ2v) is 5.30. The number of aromatic nitrogens is 1. The molecular formula is C16H18N2O3. The van der Waals surface area contributed by atoms with Gasteiger partial charge in [-0.3, -0.25) is 14.6 Å². The summed E-state index contributed by atoms with van der Waals surface area (Å²) in [7, 11) is 0. The molecule has 1 atom stereocenters. The molecule has 1 aromatic heterocycles. The normalized spacial score (nSPS) is 12.3. The van der Waals surface area contributed by atoms with Crippen LogP contribution in [0.5, 0.6) is 0 Å². The molecule has 1 aromatic carbocycles. The highest BCUT2D eigenvalue weighted by Crippen LogP contribution is 2.17. The van der Waals surface area contributed by atoms with Gasteiger partial charge in [0, 0.05) is 17.6 Å². The molecule has 0 saturated carbocycles. The fourth-order valence-corrected chi connectivity index (χ4v) is 2.18.